The highest BCUT2D eigenvalue weighted by Gasteiger charge is 2.15. The van der Waals surface area contributed by atoms with Gasteiger partial charge in [-0.1, -0.05) is 39.8 Å². The number of aromatic nitrogens is 2. The lowest BCUT2D eigenvalue weighted by Gasteiger charge is -2.32. The third kappa shape index (κ3) is 12.0. The smallest absolute Gasteiger partial charge is 0.253 e. The van der Waals surface area contributed by atoms with Crippen LogP contribution in [0.2, 0.25) is 0 Å². The zero-order chi connectivity index (χ0) is 32.5. The summed E-state index contributed by atoms with van der Waals surface area (Å²) in [6.07, 6.45) is 3.30. The number of benzene rings is 1. The van der Waals surface area contributed by atoms with Gasteiger partial charge in [0.25, 0.3) is 5.56 Å². The number of carbonyl (C=O) groups is 1. The predicted molar refractivity (Wildman–Crippen MR) is 181 cm³/mol. The molecule has 0 saturated carbocycles. The number of piperazine rings is 1. The highest BCUT2D eigenvalue weighted by atomic mass is 16.1. The van der Waals surface area contributed by atoms with Crippen LogP contribution in [0.5, 0.6) is 0 Å². The van der Waals surface area contributed by atoms with Gasteiger partial charge in [0.1, 0.15) is 5.82 Å². The molecule has 10 nitrogen and oxygen atoms in total. The molecular weight excluding hydrogens is 540 g/mol. The van der Waals surface area contributed by atoms with Crippen molar-refractivity contribution < 1.29 is 4.79 Å². The van der Waals surface area contributed by atoms with Crippen molar-refractivity contribution in [3.05, 3.63) is 75.3 Å². The molecule has 1 aliphatic rings. The van der Waals surface area contributed by atoms with Crippen molar-refractivity contribution in [3.63, 3.8) is 0 Å². The van der Waals surface area contributed by atoms with E-state index in [0.717, 1.165) is 65.6 Å². The van der Waals surface area contributed by atoms with Crippen LogP contribution in [0.25, 0.3) is 11.1 Å². The highest BCUT2D eigenvalue weighted by Crippen LogP contribution is 2.26. The number of rotatable bonds is 7. The standard InChI is InChI=1S/C19H26N6.C10H14N2O2.2C2H6/c1-14(2)23-18-11-15(3-4-16(18)12-20)17-5-6-19(22-13-17)24-7-9-25(21)10-8-24;1-6-4-7(2)12-10(14)9(6)5-11-8(3)13;2*1-2/h3-6,11-14,20,23H,7-10,21H2,1-2H3;4H,5H2,1-3H3,(H,11,13)(H,12,14);2*1-2H3. The normalized spacial score (nSPS) is 12.5. The van der Waals surface area contributed by atoms with E-state index >= 15 is 0 Å². The number of hydrazine groups is 1. The number of hydrogen-bond donors (Lipinski definition) is 5. The first-order chi connectivity index (χ1) is 20.6. The van der Waals surface area contributed by atoms with E-state index in [-0.39, 0.29) is 18.0 Å². The maximum Gasteiger partial charge on any atom is 0.253 e. The summed E-state index contributed by atoms with van der Waals surface area (Å²) >= 11 is 0. The number of anilines is 2. The second-order valence-corrected chi connectivity index (χ2v) is 10.0. The summed E-state index contributed by atoms with van der Waals surface area (Å²) in [5.41, 5.74) is 6.26. The Balaban J connectivity index is 0.000000437. The number of aryl methyl sites for hydroxylation is 2. The number of aromatic amines is 1. The molecule has 0 radical (unpaired) electrons. The fourth-order valence-corrected chi connectivity index (χ4v) is 4.31. The average Bonchev–Trinajstić information content (AvgIpc) is 2.99. The lowest BCUT2D eigenvalue weighted by molar-refractivity contribution is -0.119. The molecular formula is C33H52N8O2. The molecule has 0 atom stereocenters. The molecule has 236 valence electrons. The van der Waals surface area contributed by atoms with Crippen molar-refractivity contribution >= 4 is 23.6 Å². The number of carbonyl (C=O) groups excluding carboxylic acids is 1. The maximum absolute atomic E-state index is 11.5. The van der Waals surface area contributed by atoms with Gasteiger partial charge in [0, 0.05) is 86.2 Å². The monoisotopic (exact) mass is 592 g/mol. The summed E-state index contributed by atoms with van der Waals surface area (Å²) in [6, 6.07) is 12.5. The predicted octanol–water partition coefficient (Wildman–Crippen LogP) is 5.24. The number of hydrogen-bond acceptors (Lipinski definition) is 8. The second kappa shape index (κ2) is 19.2. The van der Waals surface area contributed by atoms with Crippen LogP contribution >= 0.6 is 0 Å². The van der Waals surface area contributed by atoms with Crippen molar-refractivity contribution in [2.45, 2.75) is 74.9 Å². The zero-order valence-electron chi connectivity index (χ0n) is 27.5. The lowest BCUT2D eigenvalue weighted by Crippen LogP contribution is -2.49. The van der Waals surface area contributed by atoms with Gasteiger partial charge in [-0.15, -0.1) is 0 Å². The van der Waals surface area contributed by atoms with Crippen LogP contribution < -0.4 is 26.9 Å². The Morgan fingerprint density at radius 3 is 2.19 bits per heavy atom. The molecule has 3 aromatic rings. The van der Waals surface area contributed by atoms with Crippen molar-refractivity contribution in [1.82, 2.24) is 20.3 Å². The second-order valence-electron chi connectivity index (χ2n) is 10.0. The Labute approximate surface area is 257 Å². The molecule has 6 N–H and O–H groups in total. The molecule has 43 heavy (non-hydrogen) atoms. The van der Waals surface area contributed by atoms with Gasteiger partial charge < -0.3 is 25.9 Å². The summed E-state index contributed by atoms with van der Waals surface area (Å²) in [7, 11) is 0. The van der Waals surface area contributed by atoms with Gasteiger partial charge in [-0.3, -0.25) is 15.4 Å². The number of nitrogens with zero attached hydrogens (tertiary/aromatic N) is 3. The van der Waals surface area contributed by atoms with Crippen molar-refractivity contribution in [2.75, 3.05) is 36.4 Å². The van der Waals surface area contributed by atoms with E-state index in [1.165, 1.54) is 13.1 Å². The quantitative estimate of drug-likeness (QED) is 0.186. The summed E-state index contributed by atoms with van der Waals surface area (Å²) in [6.45, 7) is 21.1. The van der Waals surface area contributed by atoms with E-state index in [1.54, 1.807) is 0 Å². The maximum atomic E-state index is 11.5. The zero-order valence-corrected chi connectivity index (χ0v) is 27.5. The van der Waals surface area contributed by atoms with Gasteiger partial charge in [0.15, 0.2) is 0 Å². The molecule has 1 amide bonds. The van der Waals surface area contributed by atoms with E-state index in [1.807, 2.05) is 70.9 Å². The molecule has 3 heterocycles. The molecule has 0 spiro atoms. The third-order valence-corrected chi connectivity index (χ3v) is 6.38. The van der Waals surface area contributed by atoms with E-state index in [4.69, 9.17) is 11.3 Å². The highest BCUT2D eigenvalue weighted by molar-refractivity contribution is 5.88. The Hall–Kier alpha value is -4.02. The first-order valence-electron chi connectivity index (χ1n) is 15.1. The van der Waals surface area contributed by atoms with Crippen LogP contribution in [0.15, 0.2) is 47.4 Å². The number of H-pyrrole nitrogens is 1. The minimum atomic E-state index is -0.135. The molecule has 10 heteroatoms. The van der Waals surface area contributed by atoms with Gasteiger partial charge in [-0.25, -0.2) is 9.99 Å². The van der Waals surface area contributed by atoms with E-state index < -0.39 is 0 Å². The fourth-order valence-electron chi connectivity index (χ4n) is 4.31. The molecule has 1 saturated heterocycles. The summed E-state index contributed by atoms with van der Waals surface area (Å²) in [4.78, 5) is 31.7. The van der Waals surface area contributed by atoms with Crippen LogP contribution in [-0.2, 0) is 11.3 Å². The molecule has 1 fully saturated rings. The van der Waals surface area contributed by atoms with Crippen LogP contribution in [0.3, 0.4) is 0 Å². The van der Waals surface area contributed by atoms with Gasteiger partial charge in [-0.2, -0.15) is 0 Å². The topological polar surface area (TPSA) is 143 Å². The van der Waals surface area contributed by atoms with Crippen LogP contribution in [0.4, 0.5) is 11.5 Å². The SMILES string of the molecule is CC.CC.CC(=O)NCc1c(C)cc(C)[nH]c1=O.CC(C)Nc1cc(-c2ccc(N3CCN(N)CC3)nc2)ccc1C=N. The molecule has 0 bridgehead atoms. The molecule has 0 aliphatic carbocycles. The van der Waals surface area contributed by atoms with Crippen LogP contribution in [-0.4, -0.2) is 59.3 Å². The number of pyridine rings is 2. The van der Waals surface area contributed by atoms with Gasteiger partial charge in [0.05, 0.1) is 0 Å². The van der Waals surface area contributed by atoms with Gasteiger partial charge in [-0.05, 0) is 63.1 Å². The summed E-state index contributed by atoms with van der Waals surface area (Å²) in [5, 5.41) is 15.4. The van der Waals surface area contributed by atoms with Crippen LogP contribution in [0, 0.1) is 19.3 Å². The largest absolute Gasteiger partial charge is 0.382 e. The Kier molecular flexibility index (Phi) is 16.5. The van der Waals surface area contributed by atoms with E-state index in [9.17, 15) is 9.59 Å². The van der Waals surface area contributed by atoms with Crippen molar-refractivity contribution in [2.24, 2.45) is 5.84 Å². The van der Waals surface area contributed by atoms with Crippen molar-refractivity contribution in [1.29, 1.82) is 5.41 Å². The Morgan fingerprint density at radius 2 is 1.67 bits per heavy atom. The molecule has 0 unspecified atom stereocenters. The summed E-state index contributed by atoms with van der Waals surface area (Å²) in [5.74, 6) is 6.67. The Bertz CT molecular complexity index is 1330. The van der Waals surface area contributed by atoms with Crippen LogP contribution in [0.1, 0.15) is 70.9 Å². The van der Waals surface area contributed by atoms with Crippen molar-refractivity contribution in [3.8, 4) is 11.1 Å². The third-order valence-electron chi connectivity index (χ3n) is 6.38. The fraction of sp³-hybridized carbons (Fsp3) is 0.455. The van der Waals surface area contributed by atoms with E-state index in [2.05, 4.69) is 57.5 Å². The number of nitrogens with two attached hydrogens (primary N) is 1. The van der Waals surface area contributed by atoms with Gasteiger partial charge >= 0.3 is 0 Å². The molecule has 4 rings (SSSR count). The lowest BCUT2D eigenvalue weighted by atomic mass is 10.0. The van der Waals surface area contributed by atoms with E-state index in [0.29, 0.717) is 11.6 Å². The number of amides is 1. The molecule has 2 aromatic heterocycles. The van der Waals surface area contributed by atoms with Gasteiger partial charge in [0.2, 0.25) is 5.91 Å². The molecule has 1 aliphatic heterocycles. The Morgan fingerprint density at radius 1 is 1.05 bits per heavy atom. The average molecular weight is 593 g/mol. The first kappa shape index (κ1) is 37.0. The minimum absolute atomic E-state index is 0.128. The summed E-state index contributed by atoms with van der Waals surface area (Å²) < 4.78 is 0. The number of nitrogens with one attached hydrogen (secondary N) is 4. The minimum Gasteiger partial charge on any atom is -0.382 e. The first-order valence-corrected chi connectivity index (χ1v) is 15.1. The molecule has 1 aromatic carbocycles.